The third-order valence-electron chi connectivity index (χ3n) is 5.56. The van der Waals surface area contributed by atoms with Gasteiger partial charge in [0.1, 0.15) is 19.3 Å². The lowest BCUT2D eigenvalue weighted by Gasteiger charge is -2.31. The average molecular weight is 493 g/mol. The van der Waals surface area contributed by atoms with Crippen LogP contribution in [0.4, 0.5) is 0 Å². The van der Waals surface area contributed by atoms with Crippen LogP contribution >= 0.6 is 23.2 Å². The number of rotatable bonds is 10. The maximum absolute atomic E-state index is 13.4. The summed E-state index contributed by atoms with van der Waals surface area (Å²) >= 11 is 12.8. The van der Waals surface area contributed by atoms with Crippen molar-refractivity contribution in [3.05, 3.63) is 57.6 Å². The summed E-state index contributed by atoms with van der Waals surface area (Å²) in [6, 6.07) is 10.3. The van der Waals surface area contributed by atoms with Gasteiger partial charge in [-0.05, 0) is 49.1 Å². The van der Waals surface area contributed by atoms with Crippen molar-refractivity contribution in [3.8, 4) is 11.5 Å². The van der Waals surface area contributed by atoms with Gasteiger partial charge < -0.3 is 19.7 Å². The molecule has 0 fully saturated rings. The molecule has 1 atom stereocenters. The van der Waals surface area contributed by atoms with Crippen LogP contribution in [0.2, 0.25) is 10.0 Å². The molecule has 2 aromatic rings. The molecule has 1 aliphatic rings. The third-order valence-corrected chi connectivity index (χ3v) is 6.27. The number of carbonyl (C=O) groups excluding carboxylic acids is 2. The lowest BCUT2D eigenvalue weighted by atomic mass is 10.1. The summed E-state index contributed by atoms with van der Waals surface area (Å²) in [5.74, 6) is 1.09. The molecule has 0 bridgehead atoms. The smallest absolute Gasteiger partial charge is 0.242 e. The molecule has 178 valence electrons. The van der Waals surface area contributed by atoms with Crippen LogP contribution in [0.3, 0.4) is 0 Å². The van der Waals surface area contributed by atoms with E-state index in [0.717, 1.165) is 12.0 Å². The molecule has 0 radical (unpaired) electrons. The summed E-state index contributed by atoms with van der Waals surface area (Å²) in [5, 5.41) is 3.85. The second-order valence-electron chi connectivity index (χ2n) is 7.91. The number of hydrogen-bond acceptors (Lipinski definition) is 4. The predicted molar refractivity (Wildman–Crippen MR) is 130 cm³/mol. The van der Waals surface area contributed by atoms with Crippen LogP contribution in [0.15, 0.2) is 36.4 Å². The van der Waals surface area contributed by atoms with Crippen molar-refractivity contribution in [2.45, 2.75) is 52.1 Å². The third kappa shape index (κ3) is 6.55. The summed E-state index contributed by atoms with van der Waals surface area (Å²) in [5.41, 5.74) is 1.60. The van der Waals surface area contributed by atoms with Crippen LogP contribution in [-0.2, 0) is 22.6 Å². The largest absolute Gasteiger partial charge is 0.486 e. The SMILES string of the molecule is CCCNC(=O)C(CC)N(Cc1c(Cl)cccc1Cl)C(=O)CCc1ccc2c(c1)OCCO2. The van der Waals surface area contributed by atoms with Crippen LogP contribution in [0.25, 0.3) is 0 Å². The topological polar surface area (TPSA) is 67.9 Å². The van der Waals surface area contributed by atoms with E-state index in [1.165, 1.54) is 0 Å². The van der Waals surface area contributed by atoms with E-state index < -0.39 is 6.04 Å². The highest BCUT2D eigenvalue weighted by atomic mass is 35.5. The average Bonchev–Trinajstić information content (AvgIpc) is 2.82. The molecule has 3 rings (SSSR count). The molecule has 0 aromatic heterocycles. The molecular weight excluding hydrogens is 463 g/mol. The zero-order valence-corrected chi connectivity index (χ0v) is 20.5. The van der Waals surface area contributed by atoms with Crippen molar-refractivity contribution in [2.75, 3.05) is 19.8 Å². The van der Waals surface area contributed by atoms with Crippen molar-refractivity contribution in [1.29, 1.82) is 0 Å². The van der Waals surface area contributed by atoms with Gasteiger partial charge in [0.25, 0.3) is 0 Å². The van der Waals surface area contributed by atoms with Gasteiger partial charge in [0.2, 0.25) is 11.8 Å². The summed E-state index contributed by atoms with van der Waals surface area (Å²) in [7, 11) is 0. The molecule has 8 heteroatoms. The summed E-state index contributed by atoms with van der Waals surface area (Å²) in [6.07, 6.45) is 2.04. The molecule has 1 N–H and O–H groups in total. The molecule has 2 aromatic carbocycles. The molecule has 0 spiro atoms. The Balaban J connectivity index is 1.79. The fourth-order valence-corrected chi connectivity index (χ4v) is 4.29. The quantitative estimate of drug-likeness (QED) is 0.504. The fraction of sp³-hybridized carbons (Fsp3) is 0.440. The predicted octanol–water partition coefficient (Wildman–Crippen LogP) is 5.03. The Morgan fingerprint density at radius 1 is 1.06 bits per heavy atom. The normalized spacial score (nSPS) is 13.3. The van der Waals surface area contributed by atoms with Crippen molar-refractivity contribution < 1.29 is 19.1 Å². The van der Waals surface area contributed by atoms with Crippen LogP contribution in [-0.4, -0.2) is 42.5 Å². The Bertz CT molecular complexity index is 963. The van der Waals surface area contributed by atoms with Crippen LogP contribution in [0.5, 0.6) is 11.5 Å². The van der Waals surface area contributed by atoms with E-state index >= 15 is 0 Å². The summed E-state index contributed by atoms with van der Waals surface area (Å²) in [6.45, 7) is 5.64. The van der Waals surface area contributed by atoms with Crippen LogP contribution in [0, 0.1) is 0 Å². The highest BCUT2D eigenvalue weighted by Crippen LogP contribution is 2.31. The number of nitrogens with zero attached hydrogens (tertiary/aromatic N) is 1. The maximum Gasteiger partial charge on any atom is 0.242 e. The van der Waals surface area contributed by atoms with Crippen molar-refractivity contribution in [2.24, 2.45) is 0 Å². The summed E-state index contributed by atoms with van der Waals surface area (Å²) < 4.78 is 11.2. The van der Waals surface area contributed by atoms with E-state index in [-0.39, 0.29) is 24.8 Å². The minimum atomic E-state index is -0.614. The van der Waals surface area contributed by atoms with E-state index in [1.54, 1.807) is 23.1 Å². The lowest BCUT2D eigenvalue weighted by Crippen LogP contribution is -2.49. The van der Waals surface area contributed by atoms with Gasteiger partial charge in [-0.2, -0.15) is 0 Å². The number of hydrogen-bond donors (Lipinski definition) is 1. The Labute approximate surface area is 205 Å². The van der Waals surface area contributed by atoms with Gasteiger partial charge in [0.15, 0.2) is 11.5 Å². The summed E-state index contributed by atoms with van der Waals surface area (Å²) in [4.78, 5) is 27.9. The molecule has 1 unspecified atom stereocenters. The molecule has 6 nitrogen and oxygen atoms in total. The highest BCUT2D eigenvalue weighted by Gasteiger charge is 2.29. The Kier molecular flexibility index (Phi) is 9.27. The van der Waals surface area contributed by atoms with Crippen LogP contribution in [0.1, 0.15) is 44.2 Å². The first-order chi connectivity index (χ1) is 15.9. The van der Waals surface area contributed by atoms with Crippen molar-refractivity contribution >= 4 is 35.0 Å². The van der Waals surface area contributed by atoms with Gasteiger partial charge in [-0.3, -0.25) is 9.59 Å². The first-order valence-electron chi connectivity index (χ1n) is 11.3. The minimum Gasteiger partial charge on any atom is -0.486 e. The number of amides is 2. The zero-order chi connectivity index (χ0) is 23.8. The van der Waals surface area contributed by atoms with E-state index in [4.69, 9.17) is 32.7 Å². The number of carbonyl (C=O) groups is 2. The molecule has 0 saturated carbocycles. The lowest BCUT2D eigenvalue weighted by molar-refractivity contribution is -0.141. The molecule has 1 aliphatic heterocycles. The Morgan fingerprint density at radius 2 is 1.76 bits per heavy atom. The molecular formula is C25H30Cl2N2O4. The van der Waals surface area contributed by atoms with Gasteiger partial charge in [0.05, 0.1) is 0 Å². The highest BCUT2D eigenvalue weighted by molar-refractivity contribution is 6.36. The Hall–Kier alpha value is -2.44. The van der Waals surface area contributed by atoms with Gasteiger partial charge in [0, 0.05) is 35.1 Å². The zero-order valence-electron chi connectivity index (χ0n) is 19.0. The second kappa shape index (κ2) is 12.1. The first-order valence-corrected chi connectivity index (χ1v) is 12.1. The Morgan fingerprint density at radius 3 is 2.42 bits per heavy atom. The van der Waals surface area contributed by atoms with Gasteiger partial charge in [-0.25, -0.2) is 0 Å². The maximum atomic E-state index is 13.4. The number of halogens is 2. The monoisotopic (exact) mass is 492 g/mol. The molecule has 0 saturated heterocycles. The first kappa shape index (κ1) is 25.2. The number of benzene rings is 2. The minimum absolute atomic E-state index is 0.139. The second-order valence-corrected chi connectivity index (χ2v) is 8.73. The number of fused-ring (bicyclic) bond motifs is 1. The van der Waals surface area contributed by atoms with Gasteiger partial charge in [-0.1, -0.05) is 49.2 Å². The van der Waals surface area contributed by atoms with Gasteiger partial charge in [-0.15, -0.1) is 0 Å². The standard InChI is InChI=1S/C25H30Cl2N2O4/c1-3-12-28-25(31)21(4-2)29(16-18-19(26)6-5-7-20(18)27)24(30)11-9-17-8-10-22-23(15-17)33-14-13-32-22/h5-8,10,15,21H,3-4,9,11-14,16H2,1-2H3,(H,28,31). The number of aryl methyl sites for hydroxylation is 1. The van der Waals surface area contributed by atoms with E-state index in [2.05, 4.69) is 5.32 Å². The van der Waals surface area contributed by atoms with Crippen LogP contribution < -0.4 is 14.8 Å². The fourth-order valence-electron chi connectivity index (χ4n) is 3.78. The van der Waals surface area contributed by atoms with E-state index in [1.807, 2.05) is 32.0 Å². The van der Waals surface area contributed by atoms with E-state index in [0.29, 0.717) is 59.7 Å². The molecule has 1 heterocycles. The number of nitrogens with one attached hydrogen (secondary N) is 1. The van der Waals surface area contributed by atoms with Crippen molar-refractivity contribution in [3.63, 3.8) is 0 Å². The number of ether oxygens (including phenoxy) is 2. The van der Waals surface area contributed by atoms with Gasteiger partial charge >= 0.3 is 0 Å². The molecule has 33 heavy (non-hydrogen) atoms. The van der Waals surface area contributed by atoms with Crippen molar-refractivity contribution in [1.82, 2.24) is 10.2 Å². The van der Waals surface area contributed by atoms with E-state index in [9.17, 15) is 9.59 Å². The molecule has 2 amide bonds. The molecule has 0 aliphatic carbocycles.